The maximum Gasteiger partial charge on any atom is 0.330 e. The Kier molecular flexibility index (Phi) is 7.12. The van der Waals surface area contributed by atoms with E-state index in [-0.39, 0.29) is 16.4 Å². The van der Waals surface area contributed by atoms with Crippen molar-refractivity contribution < 1.29 is 27.4 Å². The summed E-state index contributed by atoms with van der Waals surface area (Å²) in [6, 6.07) is 2.46. The molecule has 0 saturated carbocycles. The van der Waals surface area contributed by atoms with Crippen molar-refractivity contribution in [2.45, 2.75) is 24.4 Å². The topological polar surface area (TPSA) is 122 Å². The lowest BCUT2D eigenvalue weighted by Gasteiger charge is -2.18. The highest BCUT2D eigenvalue weighted by atomic mass is 32.2. The smallest absolute Gasteiger partial charge is 0.330 e. The molecule has 0 fully saturated rings. The fraction of sp³-hybridized carbons (Fsp3) is 0.353. The molecule has 1 unspecified atom stereocenters. The van der Waals surface area contributed by atoms with Gasteiger partial charge in [-0.15, -0.1) is 0 Å². The second-order valence-electron chi connectivity index (χ2n) is 5.75. The van der Waals surface area contributed by atoms with Gasteiger partial charge < -0.3 is 14.2 Å². The van der Waals surface area contributed by atoms with Crippen LogP contribution in [0.4, 0.5) is 0 Å². The van der Waals surface area contributed by atoms with E-state index in [1.807, 2.05) is 0 Å². The van der Waals surface area contributed by atoms with Gasteiger partial charge >= 0.3 is 5.97 Å². The van der Waals surface area contributed by atoms with Crippen LogP contribution in [0, 0.1) is 0 Å². The monoisotopic (exact) mass is 410 g/mol. The summed E-state index contributed by atoms with van der Waals surface area (Å²) >= 11 is 0. The Morgan fingerprint density at radius 2 is 2.04 bits per heavy atom. The standard InChI is InChI=1S/C17H22N4O6S/c1-12(9-21-11-18-10-19-21)20-28(23,24)15-8-13(5-6-16(22)26-3)7-14(25-2)17(15)27-4/h5-8,10-12,20H,9H2,1-4H3/b6-5+. The van der Waals surface area contributed by atoms with E-state index in [0.717, 1.165) is 0 Å². The summed E-state index contributed by atoms with van der Waals surface area (Å²) in [5, 5.41) is 3.96. The maximum absolute atomic E-state index is 13.0. The number of carbonyl (C=O) groups excluding carboxylic acids is 1. The van der Waals surface area contributed by atoms with Crippen LogP contribution in [-0.2, 0) is 26.1 Å². The number of carbonyl (C=O) groups is 1. The number of nitrogens with one attached hydrogen (secondary N) is 1. The number of benzene rings is 1. The van der Waals surface area contributed by atoms with Crippen molar-refractivity contribution in [2.75, 3.05) is 21.3 Å². The van der Waals surface area contributed by atoms with Gasteiger partial charge in [0.1, 0.15) is 17.6 Å². The van der Waals surface area contributed by atoms with E-state index >= 15 is 0 Å². The molecule has 1 aromatic heterocycles. The number of rotatable bonds is 9. The van der Waals surface area contributed by atoms with E-state index in [0.29, 0.717) is 12.1 Å². The predicted molar refractivity (Wildman–Crippen MR) is 100 cm³/mol. The first-order valence-corrected chi connectivity index (χ1v) is 9.65. The van der Waals surface area contributed by atoms with Crippen LogP contribution in [0.25, 0.3) is 6.08 Å². The molecular weight excluding hydrogens is 388 g/mol. The minimum Gasteiger partial charge on any atom is -0.493 e. The van der Waals surface area contributed by atoms with E-state index in [9.17, 15) is 13.2 Å². The number of ether oxygens (including phenoxy) is 3. The Morgan fingerprint density at radius 3 is 2.61 bits per heavy atom. The lowest BCUT2D eigenvalue weighted by molar-refractivity contribution is -0.134. The summed E-state index contributed by atoms with van der Waals surface area (Å²) in [6.07, 6.45) is 5.46. The first-order valence-electron chi connectivity index (χ1n) is 8.17. The maximum atomic E-state index is 13.0. The van der Waals surface area contributed by atoms with E-state index in [4.69, 9.17) is 9.47 Å². The molecule has 28 heavy (non-hydrogen) atoms. The molecule has 10 nitrogen and oxygen atoms in total. The van der Waals surface area contributed by atoms with Crippen LogP contribution >= 0.6 is 0 Å². The Morgan fingerprint density at radius 1 is 1.29 bits per heavy atom. The zero-order valence-corrected chi connectivity index (χ0v) is 16.8. The summed E-state index contributed by atoms with van der Waals surface area (Å²) in [4.78, 5) is 15.0. The second kappa shape index (κ2) is 9.33. The highest BCUT2D eigenvalue weighted by molar-refractivity contribution is 7.89. The number of sulfonamides is 1. The fourth-order valence-corrected chi connectivity index (χ4v) is 3.90. The van der Waals surface area contributed by atoms with Crippen LogP contribution in [-0.4, -0.2) is 56.5 Å². The Bertz CT molecular complexity index is 941. The van der Waals surface area contributed by atoms with Gasteiger partial charge in [0.25, 0.3) is 0 Å². The molecule has 2 rings (SSSR count). The highest BCUT2D eigenvalue weighted by Crippen LogP contribution is 2.36. The summed E-state index contributed by atoms with van der Waals surface area (Å²) in [7, 11) is 0.0150. The van der Waals surface area contributed by atoms with Crippen LogP contribution in [0.1, 0.15) is 12.5 Å². The minimum atomic E-state index is -3.97. The first kappa shape index (κ1) is 21.4. The van der Waals surface area contributed by atoms with Crippen LogP contribution < -0.4 is 14.2 Å². The minimum absolute atomic E-state index is 0.0539. The summed E-state index contributed by atoms with van der Waals surface area (Å²) in [5.41, 5.74) is 0.423. The molecule has 0 bridgehead atoms. The van der Waals surface area contributed by atoms with E-state index < -0.39 is 22.0 Å². The molecular formula is C17H22N4O6S. The summed E-state index contributed by atoms with van der Waals surface area (Å²) in [5.74, 6) is -0.309. The molecule has 0 saturated heterocycles. The molecule has 0 aliphatic carbocycles. The Labute approximate surface area is 163 Å². The number of nitrogens with zero attached hydrogens (tertiary/aromatic N) is 3. The van der Waals surface area contributed by atoms with Crippen LogP contribution in [0.5, 0.6) is 11.5 Å². The van der Waals surface area contributed by atoms with Gasteiger partial charge in [0.15, 0.2) is 11.5 Å². The van der Waals surface area contributed by atoms with Crippen molar-refractivity contribution in [3.05, 3.63) is 36.4 Å². The number of esters is 1. The third kappa shape index (κ3) is 5.30. The Hall–Kier alpha value is -2.92. The van der Waals surface area contributed by atoms with Gasteiger partial charge in [-0.2, -0.15) is 5.10 Å². The van der Waals surface area contributed by atoms with Crippen LogP contribution in [0.15, 0.2) is 35.8 Å². The average Bonchev–Trinajstić information content (AvgIpc) is 3.17. The predicted octanol–water partition coefficient (Wildman–Crippen LogP) is 0.848. The molecule has 1 N–H and O–H groups in total. The molecule has 1 atom stereocenters. The van der Waals surface area contributed by atoms with Gasteiger partial charge in [0.05, 0.1) is 27.9 Å². The SMILES string of the molecule is COC(=O)/C=C/c1cc(OC)c(OC)c(S(=O)(=O)NC(C)Cn2cncn2)c1. The van der Waals surface area contributed by atoms with Gasteiger partial charge in [0, 0.05) is 12.1 Å². The number of hydrogen-bond donors (Lipinski definition) is 1. The molecule has 0 spiro atoms. The number of aromatic nitrogens is 3. The van der Waals surface area contributed by atoms with Crippen molar-refractivity contribution in [3.8, 4) is 11.5 Å². The second-order valence-corrected chi connectivity index (χ2v) is 7.43. The van der Waals surface area contributed by atoms with Gasteiger partial charge in [-0.3, -0.25) is 4.68 Å². The highest BCUT2D eigenvalue weighted by Gasteiger charge is 2.25. The summed E-state index contributed by atoms with van der Waals surface area (Å²) in [6.45, 7) is 1.99. The van der Waals surface area contributed by atoms with Gasteiger partial charge in [-0.05, 0) is 30.7 Å². The van der Waals surface area contributed by atoms with E-state index in [1.54, 1.807) is 13.0 Å². The first-order chi connectivity index (χ1) is 13.3. The van der Waals surface area contributed by atoms with Crippen molar-refractivity contribution in [3.63, 3.8) is 0 Å². The molecule has 0 amide bonds. The molecule has 2 aromatic rings. The van der Waals surface area contributed by atoms with Crippen molar-refractivity contribution >= 4 is 22.1 Å². The van der Waals surface area contributed by atoms with Crippen molar-refractivity contribution in [1.82, 2.24) is 19.5 Å². The average molecular weight is 410 g/mol. The van der Waals surface area contributed by atoms with E-state index in [1.165, 1.54) is 56.9 Å². The number of methoxy groups -OCH3 is 3. The zero-order valence-electron chi connectivity index (χ0n) is 15.9. The largest absolute Gasteiger partial charge is 0.493 e. The molecule has 11 heteroatoms. The lowest BCUT2D eigenvalue weighted by Crippen LogP contribution is -2.36. The van der Waals surface area contributed by atoms with Gasteiger partial charge in [-0.1, -0.05) is 0 Å². The molecule has 1 aromatic carbocycles. The number of hydrogen-bond acceptors (Lipinski definition) is 8. The molecule has 0 aliphatic rings. The quantitative estimate of drug-likeness (QED) is 0.477. The third-order valence-electron chi connectivity index (χ3n) is 3.65. The lowest BCUT2D eigenvalue weighted by atomic mass is 10.2. The van der Waals surface area contributed by atoms with Crippen molar-refractivity contribution in [2.24, 2.45) is 0 Å². The van der Waals surface area contributed by atoms with Crippen LogP contribution in [0.3, 0.4) is 0 Å². The molecule has 0 radical (unpaired) electrons. The van der Waals surface area contributed by atoms with E-state index in [2.05, 4.69) is 19.5 Å². The van der Waals surface area contributed by atoms with Gasteiger partial charge in [-0.25, -0.2) is 22.9 Å². The fourth-order valence-electron chi connectivity index (χ4n) is 2.45. The van der Waals surface area contributed by atoms with Gasteiger partial charge in [0.2, 0.25) is 10.0 Å². The normalized spacial score (nSPS) is 12.7. The molecule has 0 aliphatic heterocycles. The zero-order chi connectivity index (χ0) is 20.7. The summed E-state index contributed by atoms with van der Waals surface area (Å²) < 4.78 is 45.1. The third-order valence-corrected chi connectivity index (χ3v) is 5.25. The van der Waals surface area contributed by atoms with Crippen LogP contribution in [0.2, 0.25) is 0 Å². The molecule has 1 heterocycles. The molecule has 152 valence electrons. The Balaban J connectivity index is 2.39. The van der Waals surface area contributed by atoms with Crippen molar-refractivity contribution in [1.29, 1.82) is 0 Å².